The standard InChI is InChI=1S/C21H27ClN4O4S/c1-14-21(15(2)25-24-14)31(28,29)26(17-8-10-18(30-3)11-9-17)13-20(27)23-12-16-6-4-5-7-19(16)22/h4-11,14-15,21,24-25H,12-13H2,1-3H3,(H,23,27). The van der Waals surface area contributed by atoms with Crippen LogP contribution in [0.2, 0.25) is 5.02 Å². The summed E-state index contributed by atoms with van der Waals surface area (Å²) in [5.74, 6) is 0.161. The molecule has 8 nitrogen and oxygen atoms in total. The third kappa shape index (κ3) is 5.30. The first-order valence-corrected chi connectivity index (χ1v) is 11.8. The molecule has 0 radical (unpaired) electrons. The van der Waals surface area contributed by atoms with Crippen molar-refractivity contribution in [1.82, 2.24) is 16.2 Å². The zero-order valence-corrected chi connectivity index (χ0v) is 19.2. The molecule has 1 aliphatic rings. The van der Waals surface area contributed by atoms with Crippen molar-refractivity contribution in [3.05, 3.63) is 59.1 Å². The molecule has 0 aliphatic carbocycles. The molecule has 168 valence electrons. The Morgan fingerprint density at radius 2 is 1.71 bits per heavy atom. The van der Waals surface area contributed by atoms with E-state index in [1.54, 1.807) is 56.3 Å². The Bertz CT molecular complexity index is 1010. The first kappa shape index (κ1) is 23.3. The van der Waals surface area contributed by atoms with Crippen LogP contribution in [-0.2, 0) is 21.4 Å². The SMILES string of the molecule is COc1ccc(N(CC(=O)NCc2ccccc2Cl)S(=O)(=O)C2C(C)NNC2C)cc1. The van der Waals surface area contributed by atoms with Gasteiger partial charge in [0.2, 0.25) is 15.9 Å². The molecule has 2 aromatic carbocycles. The van der Waals surface area contributed by atoms with Gasteiger partial charge in [0, 0.05) is 23.7 Å². The number of benzene rings is 2. The van der Waals surface area contributed by atoms with E-state index in [-0.39, 0.29) is 25.2 Å². The third-order valence-corrected chi connectivity index (χ3v) is 8.08. The number of hydrogen-bond donors (Lipinski definition) is 3. The van der Waals surface area contributed by atoms with Gasteiger partial charge in [0.15, 0.2) is 0 Å². The van der Waals surface area contributed by atoms with E-state index in [1.165, 1.54) is 7.11 Å². The van der Waals surface area contributed by atoms with E-state index in [4.69, 9.17) is 16.3 Å². The summed E-state index contributed by atoms with van der Waals surface area (Å²) >= 11 is 6.15. The maximum atomic E-state index is 13.6. The lowest BCUT2D eigenvalue weighted by Crippen LogP contribution is -2.50. The summed E-state index contributed by atoms with van der Waals surface area (Å²) < 4.78 is 33.5. The highest BCUT2D eigenvalue weighted by atomic mass is 35.5. The molecule has 0 bridgehead atoms. The maximum Gasteiger partial charge on any atom is 0.241 e. The molecule has 2 unspecified atom stereocenters. The van der Waals surface area contributed by atoms with Crippen molar-refractivity contribution in [3.63, 3.8) is 0 Å². The number of hydrogen-bond acceptors (Lipinski definition) is 6. The molecule has 10 heteroatoms. The van der Waals surface area contributed by atoms with Crippen molar-refractivity contribution < 1.29 is 17.9 Å². The number of anilines is 1. The van der Waals surface area contributed by atoms with Crippen LogP contribution >= 0.6 is 11.6 Å². The first-order chi connectivity index (χ1) is 14.7. The molecule has 1 saturated heterocycles. The minimum Gasteiger partial charge on any atom is -0.497 e. The molecular formula is C21H27ClN4O4S. The van der Waals surface area contributed by atoms with E-state index < -0.39 is 21.2 Å². The van der Waals surface area contributed by atoms with Crippen molar-refractivity contribution >= 4 is 33.2 Å². The summed E-state index contributed by atoms with van der Waals surface area (Å²) in [4.78, 5) is 12.7. The Hall–Kier alpha value is -2.33. The summed E-state index contributed by atoms with van der Waals surface area (Å²) in [6.07, 6.45) is 0. The van der Waals surface area contributed by atoms with E-state index in [1.807, 2.05) is 6.07 Å². The Labute approximate surface area is 187 Å². The number of methoxy groups -OCH3 is 1. The van der Waals surface area contributed by atoms with E-state index in [0.717, 1.165) is 9.87 Å². The maximum absolute atomic E-state index is 13.6. The Balaban J connectivity index is 1.85. The van der Waals surface area contributed by atoms with E-state index in [0.29, 0.717) is 16.5 Å². The van der Waals surface area contributed by atoms with Crippen LogP contribution in [0.25, 0.3) is 0 Å². The number of halogens is 1. The Kier molecular flexibility index (Phi) is 7.42. The van der Waals surface area contributed by atoms with E-state index in [9.17, 15) is 13.2 Å². The number of rotatable bonds is 8. The number of hydrazine groups is 1. The smallest absolute Gasteiger partial charge is 0.241 e. The van der Waals surface area contributed by atoms with Gasteiger partial charge in [-0.15, -0.1) is 0 Å². The molecule has 1 fully saturated rings. The summed E-state index contributed by atoms with van der Waals surface area (Å²) in [5.41, 5.74) is 7.07. The van der Waals surface area contributed by atoms with Crippen LogP contribution in [0.5, 0.6) is 5.75 Å². The lowest BCUT2D eigenvalue weighted by atomic mass is 10.2. The van der Waals surface area contributed by atoms with Crippen LogP contribution in [0.15, 0.2) is 48.5 Å². The second-order valence-electron chi connectivity index (χ2n) is 7.45. The molecular weight excluding hydrogens is 440 g/mol. The second kappa shape index (κ2) is 9.86. The van der Waals surface area contributed by atoms with Gasteiger partial charge < -0.3 is 10.1 Å². The topological polar surface area (TPSA) is 99.8 Å². The van der Waals surface area contributed by atoms with Gasteiger partial charge in [-0.05, 0) is 49.7 Å². The average molecular weight is 467 g/mol. The molecule has 31 heavy (non-hydrogen) atoms. The Morgan fingerprint density at radius 1 is 1.10 bits per heavy atom. The lowest BCUT2D eigenvalue weighted by Gasteiger charge is -2.30. The third-order valence-electron chi connectivity index (χ3n) is 5.26. The number of carbonyl (C=O) groups excluding carboxylic acids is 1. The molecule has 3 N–H and O–H groups in total. The zero-order chi connectivity index (χ0) is 22.6. The number of nitrogens with one attached hydrogen (secondary N) is 3. The summed E-state index contributed by atoms with van der Waals surface area (Å²) in [5, 5.41) is 2.55. The van der Waals surface area contributed by atoms with Crippen molar-refractivity contribution in [3.8, 4) is 5.75 Å². The molecule has 1 heterocycles. The molecule has 0 spiro atoms. The molecule has 2 atom stereocenters. The van der Waals surface area contributed by atoms with Crippen LogP contribution in [0.4, 0.5) is 5.69 Å². The fourth-order valence-electron chi connectivity index (χ4n) is 3.62. The normalized spacial score (nSPS) is 21.0. The van der Waals surface area contributed by atoms with Gasteiger partial charge in [-0.1, -0.05) is 29.8 Å². The van der Waals surface area contributed by atoms with Crippen LogP contribution in [0, 0.1) is 0 Å². The number of sulfonamides is 1. The van der Waals surface area contributed by atoms with Gasteiger partial charge in [0.05, 0.1) is 12.8 Å². The summed E-state index contributed by atoms with van der Waals surface area (Å²) in [7, 11) is -2.34. The van der Waals surface area contributed by atoms with Gasteiger partial charge >= 0.3 is 0 Å². The second-order valence-corrected chi connectivity index (χ2v) is 9.87. The average Bonchev–Trinajstić information content (AvgIpc) is 3.10. The number of ether oxygens (including phenoxy) is 1. The lowest BCUT2D eigenvalue weighted by molar-refractivity contribution is -0.119. The van der Waals surface area contributed by atoms with E-state index in [2.05, 4.69) is 16.2 Å². The van der Waals surface area contributed by atoms with Gasteiger partial charge in [0.25, 0.3) is 0 Å². The summed E-state index contributed by atoms with van der Waals surface area (Å²) in [6, 6.07) is 13.1. The quantitative estimate of drug-likeness (QED) is 0.550. The van der Waals surface area contributed by atoms with Crippen LogP contribution in [0.1, 0.15) is 19.4 Å². The highest BCUT2D eigenvalue weighted by molar-refractivity contribution is 7.93. The predicted molar refractivity (Wildman–Crippen MR) is 122 cm³/mol. The predicted octanol–water partition coefficient (Wildman–Crippen LogP) is 2.05. The zero-order valence-electron chi connectivity index (χ0n) is 17.6. The van der Waals surface area contributed by atoms with Crippen LogP contribution in [0.3, 0.4) is 0 Å². The van der Waals surface area contributed by atoms with Gasteiger partial charge in [-0.25, -0.2) is 8.42 Å². The summed E-state index contributed by atoms with van der Waals surface area (Å²) in [6.45, 7) is 3.44. The largest absolute Gasteiger partial charge is 0.497 e. The van der Waals surface area contributed by atoms with Crippen LogP contribution in [-0.4, -0.2) is 45.3 Å². The number of nitrogens with zero attached hydrogens (tertiary/aromatic N) is 1. The first-order valence-electron chi connectivity index (χ1n) is 9.91. The van der Waals surface area contributed by atoms with Crippen molar-refractivity contribution in [2.75, 3.05) is 18.0 Å². The highest BCUT2D eigenvalue weighted by Gasteiger charge is 2.44. The Morgan fingerprint density at radius 3 is 2.29 bits per heavy atom. The fourth-order valence-corrected chi connectivity index (χ4v) is 6.00. The van der Waals surface area contributed by atoms with Crippen molar-refractivity contribution in [2.24, 2.45) is 0 Å². The molecule has 0 saturated carbocycles. The molecule has 3 rings (SSSR count). The van der Waals surface area contributed by atoms with Gasteiger partial charge in [-0.3, -0.25) is 20.0 Å². The monoisotopic (exact) mass is 466 g/mol. The van der Waals surface area contributed by atoms with Gasteiger partial charge in [0.1, 0.15) is 17.5 Å². The molecule has 1 aliphatic heterocycles. The van der Waals surface area contributed by atoms with Crippen LogP contribution < -0.4 is 25.2 Å². The van der Waals surface area contributed by atoms with E-state index >= 15 is 0 Å². The number of carbonyl (C=O) groups is 1. The van der Waals surface area contributed by atoms with Gasteiger partial charge in [-0.2, -0.15) is 0 Å². The molecule has 1 amide bonds. The molecule has 2 aromatic rings. The minimum absolute atomic E-state index is 0.203. The molecule has 0 aromatic heterocycles. The van der Waals surface area contributed by atoms with Crippen molar-refractivity contribution in [1.29, 1.82) is 0 Å². The fraction of sp³-hybridized carbons (Fsp3) is 0.381. The number of amides is 1. The highest BCUT2D eigenvalue weighted by Crippen LogP contribution is 2.27. The van der Waals surface area contributed by atoms with Crippen molar-refractivity contribution in [2.45, 2.75) is 37.7 Å². The minimum atomic E-state index is -3.88.